The van der Waals surface area contributed by atoms with Gasteiger partial charge in [-0.05, 0) is 38.5 Å². The van der Waals surface area contributed by atoms with Gasteiger partial charge >= 0.3 is 0 Å². The predicted octanol–water partition coefficient (Wildman–Crippen LogP) is 1.95. The number of nitrogens with zero attached hydrogens (tertiary/aromatic N) is 1. The smallest absolute Gasteiger partial charge is 0.142 e. The van der Waals surface area contributed by atoms with Gasteiger partial charge in [0.05, 0.1) is 13.3 Å². The highest BCUT2D eigenvalue weighted by molar-refractivity contribution is 5.62. The van der Waals surface area contributed by atoms with E-state index in [1.54, 1.807) is 7.11 Å². The van der Waals surface area contributed by atoms with Gasteiger partial charge in [-0.15, -0.1) is 0 Å². The molecule has 1 aromatic rings. The number of aliphatic hydroxyl groups is 1. The van der Waals surface area contributed by atoms with Crippen LogP contribution in [-0.2, 0) is 11.4 Å². The minimum Gasteiger partial charge on any atom is -0.497 e. The van der Waals surface area contributed by atoms with Crippen LogP contribution in [0, 0.1) is 0 Å². The van der Waals surface area contributed by atoms with Gasteiger partial charge in [0.2, 0.25) is 0 Å². The minimum atomic E-state index is -0.667. The molecule has 0 aliphatic carbocycles. The second-order valence-corrected chi connectivity index (χ2v) is 5.58. The minimum absolute atomic E-state index is 0.0315. The number of aliphatic hydroxyl groups excluding tert-OH is 1. The summed E-state index contributed by atoms with van der Waals surface area (Å²) in [5.74, 6) is 0.782. The lowest BCUT2D eigenvalue weighted by atomic mass is 10.1. The van der Waals surface area contributed by atoms with E-state index in [1.165, 1.54) is 6.21 Å². The molecule has 0 aromatic heterocycles. The van der Waals surface area contributed by atoms with E-state index in [2.05, 4.69) is 10.5 Å². The van der Waals surface area contributed by atoms with Crippen molar-refractivity contribution in [3.63, 3.8) is 0 Å². The number of rotatable bonds is 7. The Hall–Kier alpha value is -1.59. The van der Waals surface area contributed by atoms with E-state index in [-0.39, 0.29) is 5.54 Å². The van der Waals surface area contributed by atoms with Gasteiger partial charge in [0.25, 0.3) is 0 Å². The van der Waals surface area contributed by atoms with Crippen molar-refractivity contribution in [1.29, 1.82) is 0 Å². The van der Waals surface area contributed by atoms with Crippen molar-refractivity contribution in [2.75, 3.05) is 13.7 Å². The Morgan fingerprint density at radius 2 is 2.15 bits per heavy atom. The first-order valence-electron chi connectivity index (χ1n) is 6.62. The topological polar surface area (TPSA) is 63.1 Å². The van der Waals surface area contributed by atoms with Crippen molar-refractivity contribution in [1.82, 2.24) is 5.32 Å². The number of β-amino-alcohol motifs (C(OH)–C–C–N with tert-alkyl or cyclic N) is 1. The van der Waals surface area contributed by atoms with Gasteiger partial charge in [0.15, 0.2) is 0 Å². The van der Waals surface area contributed by atoms with E-state index in [1.807, 2.05) is 45.0 Å². The lowest BCUT2D eigenvalue weighted by molar-refractivity contribution is 0.126. The molecule has 1 aromatic carbocycles. The molecule has 0 spiro atoms. The maximum absolute atomic E-state index is 9.68. The largest absolute Gasteiger partial charge is 0.497 e. The van der Waals surface area contributed by atoms with E-state index >= 15 is 0 Å². The molecular formula is C15H24N2O3. The molecule has 0 fully saturated rings. The lowest BCUT2D eigenvalue weighted by Crippen LogP contribution is -2.41. The van der Waals surface area contributed by atoms with Crippen molar-refractivity contribution in [2.24, 2.45) is 5.16 Å². The number of hydrogen-bond acceptors (Lipinski definition) is 5. The van der Waals surface area contributed by atoms with E-state index < -0.39 is 6.10 Å². The van der Waals surface area contributed by atoms with Crippen LogP contribution in [0.1, 0.15) is 26.3 Å². The first-order valence-corrected chi connectivity index (χ1v) is 6.62. The van der Waals surface area contributed by atoms with Gasteiger partial charge in [-0.1, -0.05) is 17.3 Å². The summed E-state index contributed by atoms with van der Waals surface area (Å²) in [6.45, 7) is 6.89. The van der Waals surface area contributed by atoms with E-state index in [0.717, 1.165) is 11.3 Å². The Morgan fingerprint density at radius 1 is 1.40 bits per heavy atom. The zero-order valence-corrected chi connectivity index (χ0v) is 12.6. The van der Waals surface area contributed by atoms with Crippen LogP contribution in [0.2, 0.25) is 0 Å². The molecule has 5 nitrogen and oxygen atoms in total. The monoisotopic (exact) mass is 280 g/mol. The highest BCUT2D eigenvalue weighted by atomic mass is 16.6. The van der Waals surface area contributed by atoms with Gasteiger partial charge in [0, 0.05) is 12.1 Å². The number of nitrogens with one attached hydrogen (secondary N) is 1. The van der Waals surface area contributed by atoms with Crippen LogP contribution in [0.3, 0.4) is 0 Å². The van der Waals surface area contributed by atoms with E-state index in [0.29, 0.717) is 13.2 Å². The summed E-state index contributed by atoms with van der Waals surface area (Å²) in [5, 5.41) is 16.6. The summed E-state index contributed by atoms with van der Waals surface area (Å²) >= 11 is 0. The SMILES string of the molecule is COc1cccc(CO/N=C\C(O)CNC(C)(C)C)c1. The van der Waals surface area contributed by atoms with Crippen molar-refractivity contribution >= 4 is 6.21 Å². The Bertz CT molecular complexity index is 427. The second kappa shape index (κ2) is 7.87. The molecule has 112 valence electrons. The molecule has 2 N–H and O–H groups in total. The summed E-state index contributed by atoms with van der Waals surface area (Å²) in [4.78, 5) is 5.15. The Morgan fingerprint density at radius 3 is 2.80 bits per heavy atom. The molecule has 1 rings (SSSR count). The molecule has 0 aliphatic rings. The summed E-state index contributed by atoms with van der Waals surface area (Å²) in [7, 11) is 1.62. The molecule has 5 heteroatoms. The van der Waals surface area contributed by atoms with Crippen LogP contribution in [0.15, 0.2) is 29.4 Å². The molecule has 1 atom stereocenters. The maximum atomic E-state index is 9.68. The average molecular weight is 280 g/mol. The first-order chi connectivity index (χ1) is 9.40. The van der Waals surface area contributed by atoms with Gasteiger partial charge < -0.3 is 20.0 Å². The van der Waals surface area contributed by atoms with Crippen LogP contribution >= 0.6 is 0 Å². The average Bonchev–Trinajstić information content (AvgIpc) is 2.41. The molecule has 1 unspecified atom stereocenters. The zero-order valence-electron chi connectivity index (χ0n) is 12.6. The summed E-state index contributed by atoms with van der Waals surface area (Å²) < 4.78 is 5.12. The Labute approximate surface area is 120 Å². The van der Waals surface area contributed by atoms with Crippen molar-refractivity contribution in [3.8, 4) is 5.75 Å². The van der Waals surface area contributed by atoms with Crippen molar-refractivity contribution < 1.29 is 14.7 Å². The number of hydrogen-bond donors (Lipinski definition) is 2. The van der Waals surface area contributed by atoms with Gasteiger partial charge in [-0.25, -0.2) is 0 Å². The first kappa shape index (κ1) is 16.5. The molecule has 0 bridgehead atoms. The predicted molar refractivity (Wildman–Crippen MR) is 80.0 cm³/mol. The molecule has 0 radical (unpaired) electrons. The van der Waals surface area contributed by atoms with Gasteiger partial charge in [-0.2, -0.15) is 0 Å². The summed E-state index contributed by atoms with van der Waals surface area (Å²) in [5.41, 5.74) is 0.930. The van der Waals surface area contributed by atoms with Crippen LogP contribution in [0.5, 0.6) is 5.75 Å². The quantitative estimate of drug-likeness (QED) is 0.592. The van der Waals surface area contributed by atoms with Crippen molar-refractivity contribution in [3.05, 3.63) is 29.8 Å². The molecule has 0 saturated carbocycles. The van der Waals surface area contributed by atoms with E-state index in [4.69, 9.17) is 9.57 Å². The normalized spacial score (nSPS) is 13.4. The summed E-state index contributed by atoms with van der Waals surface area (Å²) in [6.07, 6.45) is 0.721. The fourth-order valence-electron chi connectivity index (χ4n) is 1.45. The highest BCUT2D eigenvalue weighted by Crippen LogP contribution is 2.13. The molecule has 0 saturated heterocycles. The number of oxime groups is 1. The van der Waals surface area contributed by atoms with Gasteiger partial charge in [-0.3, -0.25) is 0 Å². The Kier molecular flexibility index (Phi) is 6.48. The van der Waals surface area contributed by atoms with Crippen LogP contribution in [-0.4, -0.2) is 36.6 Å². The number of methoxy groups -OCH3 is 1. The molecule has 0 heterocycles. The fraction of sp³-hybridized carbons (Fsp3) is 0.533. The number of benzene rings is 1. The highest BCUT2D eigenvalue weighted by Gasteiger charge is 2.10. The van der Waals surface area contributed by atoms with Crippen LogP contribution < -0.4 is 10.1 Å². The van der Waals surface area contributed by atoms with Crippen molar-refractivity contribution in [2.45, 2.75) is 39.0 Å². The molecule has 0 aliphatic heterocycles. The van der Waals surface area contributed by atoms with Crippen LogP contribution in [0.25, 0.3) is 0 Å². The number of ether oxygens (including phenoxy) is 1. The molecule has 20 heavy (non-hydrogen) atoms. The molecular weight excluding hydrogens is 256 g/mol. The zero-order chi connectivity index (χ0) is 15.0. The Balaban J connectivity index is 2.30. The van der Waals surface area contributed by atoms with E-state index in [9.17, 15) is 5.11 Å². The maximum Gasteiger partial charge on any atom is 0.142 e. The standard InChI is InChI=1S/C15H24N2O3/c1-15(2,3)16-9-13(18)10-17-20-11-12-6-5-7-14(8-12)19-4/h5-8,10,13,16,18H,9,11H2,1-4H3/b17-10-. The van der Waals surface area contributed by atoms with Gasteiger partial charge in [0.1, 0.15) is 18.5 Å². The second-order valence-electron chi connectivity index (χ2n) is 5.58. The van der Waals surface area contributed by atoms with Crippen LogP contribution in [0.4, 0.5) is 0 Å². The molecule has 0 amide bonds. The third-order valence-corrected chi connectivity index (χ3v) is 2.51. The third kappa shape index (κ3) is 7.11. The lowest BCUT2D eigenvalue weighted by Gasteiger charge is -2.21. The fourth-order valence-corrected chi connectivity index (χ4v) is 1.45. The third-order valence-electron chi connectivity index (χ3n) is 2.51. The summed E-state index contributed by atoms with van der Waals surface area (Å²) in [6, 6.07) is 7.57.